The highest BCUT2D eigenvalue weighted by atomic mass is 16.5. The molecule has 648 valence electrons. The number of hydrogen-bond donors (Lipinski definition) is 0. The lowest BCUT2D eigenvalue weighted by atomic mass is 10.1. The van der Waals surface area contributed by atoms with Crippen molar-refractivity contribution in [2.75, 3.05) is 143 Å². The van der Waals surface area contributed by atoms with Crippen LogP contribution >= 0.6 is 0 Å². The number of para-hydroxylation sites is 20. The highest BCUT2D eigenvalue weighted by molar-refractivity contribution is 5.98. The average molecular weight is 1700 g/mol. The molecule has 128 heavy (non-hydrogen) atoms. The number of nitrogens with zero attached hydrogens (tertiary/aromatic N) is 10. The number of esters is 2. The topological polar surface area (TPSA) is 113 Å². The van der Waals surface area contributed by atoms with Crippen LogP contribution in [0.3, 0.4) is 0 Å². The van der Waals surface area contributed by atoms with Crippen molar-refractivity contribution < 1.29 is 33.3 Å². The summed E-state index contributed by atoms with van der Waals surface area (Å²) >= 11 is 0. The largest absolute Gasteiger partial charge is 0.500 e. The van der Waals surface area contributed by atoms with Crippen molar-refractivity contribution in [1.82, 2.24) is 0 Å². The fourth-order valence-electron chi connectivity index (χ4n) is 16.4. The summed E-state index contributed by atoms with van der Waals surface area (Å²) in [6.45, 7) is 33.4. The number of rotatable bonds is 27. The van der Waals surface area contributed by atoms with E-state index >= 15 is 0 Å². The van der Waals surface area contributed by atoms with Crippen LogP contribution in [0.2, 0.25) is 0 Å². The molecule has 18 rings (SSSR count). The molecule has 0 amide bonds. The van der Waals surface area contributed by atoms with E-state index < -0.39 is 11.9 Å². The standard InChI is InChI=1S/C24H26N2O4.2C24H24N2O.C22H20N2.C17H18N2O/c1-17(2)23(27)29-15-13-25-19-9-5-7-11-21(19)26(14-16-30-24(28)18(3)4)22-12-8-6-10-20(22)25;2*1-3-19-12-14-20(15-13-19)18-27-17-16-26-23-10-6-4-8-21(23)25(2)22-9-5-7-11-24(22)26;1-3-17-12-14-18(15-13-17)16-24-21-10-6-4-8-19(21)23(2)20-9-5-7-11-22(20)24;1-3-20-13-12-19-16-10-6-4-8-14(16)18(2)15-9-5-7-11-17(15)19/h5-12H,1,3,13-16H2,2,4H3;2*3-15H,1,16-18H2,2H3;3-15H,1,16H2,2H3;3-11H,1,12-13H2,2H3. The molecule has 5 aliphatic heterocycles. The first-order valence-corrected chi connectivity index (χ1v) is 43.2. The van der Waals surface area contributed by atoms with Crippen molar-refractivity contribution in [2.24, 2.45) is 0 Å². The van der Waals surface area contributed by atoms with Gasteiger partial charge in [0.25, 0.3) is 0 Å². The Morgan fingerprint density at radius 2 is 0.453 bits per heavy atom. The normalized spacial score (nSPS) is 12.4. The highest BCUT2D eigenvalue weighted by Crippen LogP contribution is 2.52. The molecular weight excluding hydrogens is 1590 g/mol. The highest BCUT2D eigenvalue weighted by Gasteiger charge is 2.32. The third-order valence-electron chi connectivity index (χ3n) is 23.0. The summed E-state index contributed by atoms with van der Waals surface area (Å²) in [6, 6.07) is 109. The van der Waals surface area contributed by atoms with Crippen LogP contribution in [0.5, 0.6) is 0 Å². The summed E-state index contributed by atoms with van der Waals surface area (Å²) in [6.07, 6.45) is 7.08. The van der Waals surface area contributed by atoms with Gasteiger partial charge in [-0.2, -0.15) is 0 Å². The Balaban J connectivity index is 0.000000130. The van der Waals surface area contributed by atoms with E-state index in [2.05, 4.69) is 384 Å². The Kier molecular flexibility index (Phi) is 30.0. The molecule has 0 aliphatic carbocycles. The Bertz CT molecular complexity index is 5580. The van der Waals surface area contributed by atoms with Gasteiger partial charge >= 0.3 is 11.9 Å². The maximum absolute atomic E-state index is 11.8. The third kappa shape index (κ3) is 20.8. The Hall–Kier alpha value is -15.0. The maximum atomic E-state index is 11.8. The second kappa shape index (κ2) is 43.0. The van der Waals surface area contributed by atoms with Gasteiger partial charge in [-0.3, -0.25) is 0 Å². The van der Waals surface area contributed by atoms with Gasteiger partial charge in [-0.1, -0.05) is 252 Å². The molecule has 5 heterocycles. The number of carbonyl (C=O) groups is 2. The summed E-state index contributed by atoms with van der Waals surface area (Å²) in [7, 11) is 8.49. The van der Waals surface area contributed by atoms with Crippen LogP contribution in [-0.4, -0.2) is 106 Å². The molecule has 0 bridgehead atoms. The second-order valence-electron chi connectivity index (χ2n) is 31.3. The zero-order valence-electron chi connectivity index (χ0n) is 74.1. The summed E-state index contributed by atoms with van der Waals surface area (Å²) in [5.74, 6) is -0.788. The molecule has 0 saturated carbocycles. The van der Waals surface area contributed by atoms with Gasteiger partial charge in [0.05, 0.1) is 166 Å². The minimum atomic E-state index is -0.394. The number of carbonyl (C=O) groups excluding carboxylic acids is 2. The Labute approximate surface area is 755 Å². The fraction of sp³-hybridized carbons (Fsp3) is 0.171. The molecule has 0 fully saturated rings. The first-order valence-electron chi connectivity index (χ1n) is 43.2. The zero-order valence-corrected chi connectivity index (χ0v) is 74.1. The van der Waals surface area contributed by atoms with E-state index in [0.717, 1.165) is 65.6 Å². The van der Waals surface area contributed by atoms with Gasteiger partial charge in [-0.05, 0) is 169 Å². The average Bonchev–Trinajstić information content (AvgIpc) is 0.341. The lowest BCUT2D eigenvalue weighted by Gasteiger charge is -2.40. The lowest BCUT2D eigenvalue weighted by molar-refractivity contribution is -0.139. The van der Waals surface area contributed by atoms with Gasteiger partial charge in [-0.15, -0.1) is 0 Å². The predicted molar refractivity (Wildman–Crippen MR) is 534 cm³/mol. The number of benzene rings is 13. The number of anilines is 20. The SMILES string of the molecule is C=C(C)C(=O)OCCN1c2ccccc2N(CCOC(=O)C(=C)C)c2ccccc21.C=COCCN1c2ccccc2N(C)c2ccccc21.C=Cc1ccc(CN2c3ccccc3N(C)c3ccccc32)cc1.C=Cc1ccc(COCCN2c3ccccc3N(C)c3ccccc32)cc1.C=Cc1ccc(COCCN2c3ccccc3N(C)c3ccccc32)cc1. The first kappa shape index (κ1) is 89.2. The molecule has 0 N–H and O–H groups in total. The zero-order chi connectivity index (χ0) is 89.4. The van der Waals surface area contributed by atoms with Crippen LogP contribution in [0.25, 0.3) is 18.2 Å². The van der Waals surface area contributed by atoms with E-state index in [9.17, 15) is 9.59 Å². The molecule has 13 aromatic rings. The first-order chi connectivity index (χ1) is 62.5. The van der Waals surface area contributed by atoms with Crippen LogP contribution in [0.15, 0.2) is 372 Å². The minimum Gasteiger partial charge on any atom is -0.500 e. The quantitative estimate of drug-likeness (QED) is 0.0210. The van der Waals surface area contributed by atoms with Gasteiger partial charge in [0, 0.05) is 59.0 Å². The molecule has 0 aromatic heterocycles. The van der Waals surface area contributed by atoms with E-state index in [0.29, 0.717) is 57.3 Å². The van der Waals surface area contributed by atoms with Gasteiger partial charge in [-0.25, -0.2) is 9.59 Å². The van der Waals surface area contributed by atoms with E-state index in [1.807, 2.05) is 66.8 Å². The van der Waals surface area contributed by atoms with Crippen molar-refractivity contribution in [3.05, 3.63) is 406 Å². The molecule has 17 nitrogen and oxygen atoms in total. The number of fused-ring (bicyclic) bond motifs is 10. The smallest absolute Gasteiger partial charge is 0.333 e. The molecule has 0 atom stereocenters. The van der Waals surface area contributed by atoms with Crippen molar-refractivity contribution in [2.45, 2.75) is 33.6 Å². The van der Waals surface area contributed by atoms with Gasteiger partial charge in [0.1, 0.15) is 19.8 Å². The molecule has 17 heteroatoms. The monoisotopic (exact) mass is 1700 g/mol. The van der Waals surface area contributed by atoms with Crippen molar-refractivity contribution >= 4 is 144 Å². The molecule has 13 aromatic carbocycles. The van der Waals surface area contributed by atoms with E-state index in [1.165, 1.54) is 114 Å². The van der Waals surface area contributed by atoms with Crippen LogP contribution in [-0.2, 0) is 53.0 Å². The summed E-state index contributed by atoms with van der Waals surface area (Å²) < 4.78 is 27.9. The van der Waals surface area contributed by atoms with Crippen molar-refractivity contribution in [3.8, 4) is 0 Å². The summed E-state index contributed by atoms with van der Waals surface area (Å²) in [4.78, 5) is 46.2. The van der Waals surface area contributed by atoms with Crippen LogP contribution < -0.4 is 49.0 Å². The van der Waals surface area contributed by atoms with Gasteiger partial charge in [0.15, 0.2) is 0 Å². The van der Waals surface area contributed by atoms with E-state index in [1.54, 1.807) is 13.8 Å². The number of hydrogen-bond acceptors (Lipinski definition) is 17. The van der Waals surface area contributed by atoms with E-state index in [-0.39, 0.29) is 13.2 Å². The fourth-order valence-corrected chi connectivity index (χ4v) is 16.4. The number of ether oxygens (including phenoxy) is 5. The predicted octanol–water partition coefficient (Wildman–Crippen LogP) is 25.9. The van der Waals surface area contributed by atoms with Gasteiger partial charge in [0.2, 0.25) is 0 Å². The molecule has 0 radical (unpaired) electrons. The second-order valence-corrected chi connectivity index (χ2v) is 31.3. The van der Waals surface area contributed by atoms with Crippen LogP contribution in [0.1, 0.15) is 47.2 Å². The molecule has 0 unspecified atom stereocenters. The minimum absolute atomic E-state index is 0.241. The van der Waals surface area contributed by atoms with Crippen LogP contribution in [0, 0.1) is 0 Å². The lowest BCUT2D eigenvalue weighted by Crippen LogP contribution is -2.34. The molecule has 0 saturated heterocycles. The third-order valence-corrected chi connectivity index (χ3v) is 23.0. The van der Waals surface area contributed by atoms with Crippen LogP contribution in [0.4, 0.5) is 114 Å². The van der Waals surface area contributed by atoms with Gasteiger partial charge < -0.3 is 72.7 Å². The molecular formula is C111H112N10O7. The maximum Gasteiger partial charge on any atom is 0.333 e. The molecule has 5 aliphatic rings. The summed E-state index contributed by atoms with van der Waals surface area (Å²) in [5.41, 5.74) is 31.3. The van der Waals surface area contributed by atoms with Crippen molar-refractivity contribution in [1.29, 1.82) is 0 Å². The van der Waals surface area contributed by atoms with E-state index in [4.69, 9.17) is 23.7 Å². The van der Waals surface area contributed by atoms with Crippen molar-refractivity contribution in [3.63, 3.8) is 0 Å². The Morgan fingerprint density at radius 1 is 0.258 bits per heavy atom. The Morgan fingerprint density at radius 3 is 0.672 bits per heavy atom. The summed E-state index contributed by atoms with van der Waals surface area (Å²) in [5, 5.41) is 0. The molecule has 0 spiro atoms.